The summed E-state index contributed by atoms with van der Waals surface area (Å²) in [6.45, 7) is 5.66. The molecule has 0 spiro atoms. The second-order valence-electron chi connectivity index (χ2n) is 4.48. The first kappa shape index (κ1) is 14.5. The van der Waals surface area contributed by atoms with Crippen molar-refractivity contribution in [3.8, 4) is 5.75 Å². The summed E-state index contributed by atoms with van der Waals surface area (Å²) in [5.74, 6) is 0.711. The van der Waals surface area contributed by atoms with E-state index in [1.54, 1.807) is 13.3 Å². The fourth-order valence-electron chi connectivity index (χ4n) is 1.07. The van der Waals surface area contributed by atoms with Gasteiger partial charge >= 0.3 is 0 Å². The van der Waals surface area contributed by atoms with Crippen LogP contribution in [0.4, 0.5) is 0 Å². The number of hydrogen-bond donors (Lipinski definition) is 0. The number of halogens is 1. The maximum absolute atomic E-state index is 11.8. The van der Waals surface area contributed by atoms with Crippen LogP contribution >= 0.6 is 15.9 Å². The lowest BCUT2D eigenvalue weighted by molar-refractivity contribution is 0.414. The van der Waals surface area contributed by atoms with Gasteiger partial charge in [-0.05, 0) is 39.0 Å². The quantitative estimate of drug-likeness (QED) is 0.634. The average molecular weight is 318 g/mol. The van der Waals surface area contributed by atoms with Crippen LogP contribution in [0.1, 0.15) is 26.3 Å². The van der Waals surface area contributed by atoms with Gasteiger partial charge in [0.1, 0.15) is 21.9 Å². The number of methoxy groups -OCH3 is 1. The van der Waals surface area contributed by atoms with E-state index in [-0.39, 0.29) is 4.75 Å². The van der Waals surface area contributed by atoms with Crippen LogP contribution in [0.2, 0.25) is 0 Å². The molecule has 0 saturated heterocycles. The molecule has 0 aliphatic rings. The largest absolute Gasteiger partial charge is 0.591 e. The Morgan fingerprint density at radius 1 is 1.41 bits per heavy atom. The van der Waals surface area contributed by atoms with E-state index >= 15 is 0 Å². The zero-order valence-corrected chi connectivity index (χ0v) is 12.8. The van der Waals surface area contributed by atoms with Crippen molar-refractivity contribution in [2.45, 2.75) is 25.5 Å². The molecule has 0 amide bonds. The fraction of sp³-hybridized carbons (Fsp3) is 0.417. The highest BCUT2D eigenvalue weighted by Crippen LogP contribution is 2.22. The minimum atomic E-state index is -1.26. The molecule has 1 atom stereocenters. The Kier molecular flexibility index (Phi) is 5.04. The summed E-state index contributed by atoms with van der Waals surface area (Å²) >= 11 is 2.12. The SMILES string of the molecule is COc1ccc(Br)cc1C=N[S+]([O-])C(C)(C)C. The normalized spacial score (nSPS) is 14.0. The van der Waals surface area contributed by atoms with E-state index < -0.39 is 11.4 Å². The third-order valence-corrected chi connectivity index (χ3v) is 3.84. The van der Waals surface area contributed by atoms with Gasteiger partial charge in [0.2, 0.25) is 0 Å². The standard InChI is InChI=1S/C12H16BrNO2S/c1-12(2,3)17(15)14-8-9-7-10(13)5-6-11(9)16-4/h5-8H,1-4H3. The molecule has 17 heavy (non-hydrogen) atoms. The number of nitrogens with zero attached hydrogens (tertiary/aromatic N) is 1. The van der Waals surface area contributed by atoms with Gasteiger partial charge in [0.05, 0.1) is 13.3 Å². The van der Waals surface area contributed by atoms with E-state index in [0.717, 1.165) is 10.0 Å². The molecule has 0 aromatic heterocycles. The number of benzene rings is 1. The minimum absolute atomic E-state index is 0.351. The Morgan fingerprint density at radius 2 is 2.06 bits per heavy atom. The van der Waals surface area contributed by atoms with Gasteiger partial charge in [-0.3, -0.25) is 0 Å². The maximum atomic E-state index is 11.8. The molecule has 0 bridgehead atoms. The Morgan fingerprint density at radius 3 is 2.59 bits per heavy atom. The molecule has 94 valence electrons. The van der Waals surface area contributed by atoms with Crippen LogP contribution in [0, 0.1) is 0 Å². The van der Waals surface area contributed by atoms with Crippen LogP contribution < -0.4 is 4.74 Å². The summed E-state index contributed by atoms with van der Waals surface area (Å²) in [6, 6.07) is 5.60. The predicted octanol–water partition coefficient (Wildman–Crippen LogP) is 3.34. The summed E-state index contributed by atoms with van der Waals surface area (Å²) in [7, 11) is 1.60. The Labute approximate surface area is 114 Å². The second-order valence-corrected chi connectivity index (χ2v) is 7.33. The van der Waals surface area contributed by atoms with E-state index in [9.17, 15) is 4.55 Å². The van der Waals surface area contributed by atoms with Gasteiger partial charge in [-0.25, -0.2) is 0 Å². The molecule has 5 heteroatoms. The van der Waals surface area contributed by atoms with Gasteiger partial charge in [0.15, 0.2) is 0 Å². The fourth-order valence-corrected chi connectivity index (χ4v) is 1.97. The minimum Gasteiger partial charge on any atom is -0.591 e. The summed E-state index contributed by atoms with van der Waals surface area (Å²) in [5.41, 5.74) is 0.805. The number of hydrogen-bond acceptors (Lipinski definition) is 3. The molecular weight excluding hydrogens is 302 g/mol. The van der Waals surface area contributed by atoms with Crippen LogP contribution in [-0.2, 0) is 11.4 Å². The van der Waals surface area contributed by atoms with Crippen molar-refractivity contribution < 1.29 is 9.29 Å². The zero-order valence-electron chi connectivity index (χ0n) is 10.4. The number of ether oxygens (including phenoxy) is 1. The van der Waals surface area contributed by atoms with Crippen molar-refractivity contribution in [2.75, 3.05) is 7.11 Å². The second kappa shape index (κ2) is 5.89. The van der Waals surface area contributed by atoms with Gasteiger partial charge < -0.3 is 9.29 Å². The van der Waals surface area contributed by atoms with E-state index in [4.69, 9.17) is 4.74 Å². The van der Waals surface area contributed by atoms with Gasteiger partial charge in [0, 0.05) is 10.0 Å². The molecule has 0 N–H and O–H groups in total. The predicted molar refractivity (Wildman–Crippen MR) is 76.2 cm³/mol. The zero-order chi connectivity index (χ0) is 13.1. The summed E-state index contributed by atoms with van der Waals surface area (Å²) in [6.07, 6.45) is 1.59. The maximum Gasteiger partial charge on any atom is 0.144 e. The lowest BCUT2D eigenvalue weighted by atomic mass is 10.2. The molecular formula is C12H16BrNO2S. The van der Waals surface area contributed by atoms with Crippen molar-refractivity contribution in [1.82, 2.24) is 0 Å². The molecule has 1 aromatic carbocycles. The molecule has 0 aliphatic carbocycles. The lowest BCUT2D eigenvalue weighted by Gasteiger charge is -2.17. The summed E-state index contributed by atoms with van der Waals surface area (Å²) in [5, 5.41) is 0. The highest BCUT2D eigenvalue weighted by atomic mass is 79.9. The summed E-state index contributed by atoms with van der Waals surface area (Å²) in [4.78, 5) is 0. The smallest absolute Gasteiger partial charge is 0.144 e. The van der Waals surface area contributed by atoms with Gasteiger partial charge in [-0.2, -0.15) is 0 Å². The first-order valence-electron chi connectivity index (χ1n) is 5.14. The van der Waals surface area contributed by atoms with Crippen molar-refractivity contribution >= 4 is 33.5 Å². The van der Waals surface area contributed by atoms with Gasteiger partial charge in [-0.1, -0.05) is 20.3 Å². The molecule has 0 radical (unpaired) electrons. The molecule has 0 saturated carbocycles. The first-order valence-corrected chi connectivity index (χ1v) is 7.04. The van der Waals surface area contributed by atoms with E-state index in [0.29, 0.717) is 5.75 Å². The van der Waals surface area contributed by atoms with Crippen molar-refractivity contribution in [3.63, 3.8) is 0 Å². The van der Waals surface area contributed by atoms with Crippen molar-refractivity contribution in [3.05, 3.63) is 28.2 Å². The van der Waals surface area contributed by atoms with Crippen molar-refractivity contribution in [1.29, 1.82) is 0 Å². The van der Waals surface area contributed by atoms with Crippen LogP contribution in [0.25, 0.3) is 0 Å². The molecule has 1 unspecified atom stereocenters. The van der Waals surface area contributed by atoms with E-state index in [1.807, 2.05) is 39.0 Å². The monoisotopic (exact) mass is 317 g/mol. The molecule has 0 heterocycles. The van der Waals surface area contributed by atoms with Crippen LogP contribution in [0.15, 0.2) is 27.1 Å². The summed E-state index contributed by atoms with van der Waals surface area (Å²) < 4.78 is 21.6. The molecule has 3 nitrogen and oxygen atoms in total. The lowest BCUT2D eigenvalue weighted by Crippen LogP contribution is -2.25. The van der Waals surface area contributed by atoms with E-state index in [1.165, 1.54) is 0 Å². The van der Waals surface area contributed by atoms with Crippen LogP contribution in [-0.4, -0.2) is 22.6 Å². The highest BCUT2D eigenvalue weighted by Gasteiger charge is 2.25. The average Bonchev–Trinajstić information content (AvgIpc) is 2.24. The third kappa shape index (κ3) is 4.33. The first-order chi connectivity index (χ1) is 7.84. The Hall–Kier alpha value is -0.520. The Balaban J connectivity index is 2.94. The third-order valence-electron chi connectivity index (χ3n) is 2.00. The molecule has 0 aliphatic heterocycles. The van der Waals surface area contributed by atoms with Gasteiger partial charge in [0.25, 0.3) is 0 Å². The van der Waals surface area contributed by atoms with Crippen LogP contribution in [0.3, 0.4) is 0 Å². The highest BCUT2D eigenvalue weighted by molar-refractivity contribution is 9.10. The van der Waals surface area contributed by atoms with E-state index in [2.05, 4.69) is 20.3 Å². The van der Waals surface area contributed by atoms with Crippen molar-refractivity contribution in [2.24, 2.45) is 4.40 Å². The number of rotatable bonds is 3. The topological polar surface area (TPSA) is 44.6 Å². The Bertz CT molecular complexity index is 415. The molecule has 0 fully saturated rings. The van der Waals surface area contributed by atoms with Gasteiger partial charge in [-0.15, -0.1) is 0 Å². The van der Waals surface area contributed by atoms with Crippen LogP contribution in [0.5, 0.6) is 5.75 Å². The molecule has 1 aromatic rings. The molecule has 1 rings (SSSR count).